The summed E-state index contributed by atoms with van der Waals surface area (Å²) in [6, 6.07) is 3.78. The van der Waals surface area contributed by atoms with Crippen molar-refractivity contribution >= 4 is 11.5 Å². The van der Waals surface area contributed by atoms with Gasteiger partial charge in [0.05, 0.1) is 11.9 Å². The summed E-state index contributed by atoms with van der Waals surface area (Å²) < 4.78 is 0. The minimum Gasteiger partial charge on any atom is -0.349 e. The number of anilines is 2. The van der Waals surface area contributed by atoms with Crippen LogP contribution < -0.4 is 16.2 Å². The van der Waals surface area contributed by atoms with Gasteiger partial charge in [-0.3, -0.25) is 5.84 Å². The number of nitrogens with one attached hydrogen (secondary N) is 1. The summed E-state index contributed by atoms with van der Waals surface area (Å²) >= 11 is 0. The Balaban J connectivity index is 2.80. The number of pyridine rings is 1. The Morgan fingerprint density at radius 2 is 2.00 bits per heavy atom. The lowest BCUT2D eigenvalue weighted by Crippen LogP contribution is -2.24. The third-order valence-corrected chi connectivity index (χ3v) is 1.94. The molecule has 0 aliphatic carbocycles. The Morgan fingerprint density at radius 1 is 1.33 bits per heavy atom. The van der Waals surface area contributed by atoms with E-state index in [0.29, 0.717) is 0 Å². The van der Waals surface area contributed by atoms with E-state index in [1.165, 1.54) is 0 Å². The highest BCUT2D eigenvalue weighted by atomic mass is 15.2. The van der Waals surface area contributed by atoms with E-state index in [2.05, 4.69) is 28.5 Å². The van der Waals surface area contributed by atoms with Crippen molar-refractivity contribution in [2.75, 3.05) is 23.4 Å². The summed E-state index contributed by atoms with van der Waals surface area (Å²) in [5.74, 6) is 6.14. The van der Waals surface area contributed by atoms with Crippen molar-refractivity contribution in [3.63, 3.8) is 0 Å². The third-order valence-electron chi connectivity index (χ3n) is 1.94. The van der Waals surface area contributed by atoms with Crippen LogP contribution >= 0.6 is 0 Å². The molecule has 15 heavy (non-hydrogen) atoms. The van der Waals surface area contributed by atoms with E-state index >= 15 is 0 Å². The Hall–Kier alpha value is -1.81. The van der Waals surface area contributed by atoms with Crippen molar-refractivity contribution in [2.45, 2.75) is 0 Å². The zero-order valence-electron chi connectivity index (χ0n) is 8.69. The second-order valence-corrected chi connectivity index (χ2v) is 3.03. The quantitative estimate of drug-likeness (QED) is 0.419. The van der Waals surface area contributed by atoms with Crippen molar-refractivity contribution in [2.24, 2.45) is 5.84 Å². The van der Waals surface area contributed by atoms with Crippen LogP contribution in [0, 0.1) is 0 Å². The van der Waals surface area contributed by atoms with Crippen molar-refractivity contribution < 1.29 is 0 Å². The summed E-state index contributed by atoms with van der Waals surface area (Å²) in [7, 11) is 0. The number of hydrogen-bond donors (Lipinski definition) is 2. The molecule has 0 aromatic carbocycles. The highest BCUT2D eigenvalue weighted by Gasteiger charge is 2.03. The van der Waals surface area contributed by atoms with E-state index in [0.717, 1.165) is 24.6 Å². The molecule has 80 valence electrons. The van der Waals surface area contributed by atoms with Gasteiger partial charge in [-0.2, -0.15) is 0 Å². The topological polar surface area (TPSA) is 54.2 Å². The van der Waals surface area contributed by atoms with Crippen molar-refractivity contribution in [1.29, 1.82) is 0 Å². The number of aromatic nitrogens is 1. The molecule has 4 nitrogen and oxygen atoms in total. The molecule has 0 aliphatic heterocycles. The lowest BCUT2D eigenvalue weighted by atomic mass is 10.3. The molecule has 0 radical (unpaired) electrons. The van der Waals surface area contributed by atoms with Crippen LogP contribution in [0.3, 0.4) is 0 Å². The molecule has 1 aromatic rings. The predicted molar refractivity (Wildman–Crippen MR) is 64.7 cm³/mol. The Kier molecular flexibility index (Phi) is 4.37. The van der Waals surface area contributed by atoms with Gasteiger partial charge in [0, 0.05) is 13.1 Å². The van der Waals surface area contributed by atoms with Gasteiger partial charge < -0.3 is 10.3 Å². The summed E-state index contributed by atoms with van der Waals surface area (Å²) in [6.07, 6.45) is 5.36. The van der Waals surface area contributed by atoms with Gasteiger partial charge >= 0.3 is 0 Å². The zero-order chi connectivity index (χ0) is 11.1. The molecular formula is C11H16N4. The standard InChI is InChI=1S/C11H16N4/c1-3-7-15(8-4-2)11-6-5-10(14-12)9-13-11/h3-6,9,14H,1-2,7-8,12H2. The van der Waals surface area contributed by atoms with Gasteiger partial charge in [0.2, 0.25) is 0 Å². The molecule has 3 N–H and O–H groups in total. The number of hydrogen-bond acceptors (Lipinski definition) is 4. The summed E-state index contributed by atoms with van der Waals surface area (Å²) in [4.78, 5) is 6.33. The molecular weight excluding hydrogens is 188 g/mol. The molecule has 1 aromatic heterocycles. The number of nitrogen functional groups attached to an aromatic ring is 1. The first-order valence-electron chi connectivity index (χ1n) is 4.71. The van der Waals surface area contributed by atoms with Crippen molar-refractivity contribution in [1.82, 2.24) is 4.98 Å². The van der Waals surface area contributed by atoms with Crippen LogP contribution in [0.15, 0.2) is 43.6 Å². The van der Waals surface area contributed by atoms with Crippen LogP contribution in [0.2, 0.25) is 0 Å². The number of rotatable bonds is 6. The minimum atomic E-state index is 0.744. The number of nitrogens with zero attached hydrogens (tertiary/aromatic N) is 2. The molecule has 0 spiro atoms. The number of hydrazine groups is 1. The van der Waals surface area contributed by atoms with Gasteiger partial charge in [0.1, 0.15) is 5.82 Å². The highest BCUT2D eigenvalue weighted by Crippen LogP contribution is 2.13. The molecule has 1 rings (SSSR count). The molecule has 0 saturated carbocycles. The normalized spacial score (nSPS) is 9.40. The molecule has 0 unspecified atom stereocenters. The first-order valence-corrected chi connectivity index (χ1v) is 4.71. The van der Waals surface area contributed by atoms with Crippen LogP contribution in [0.25, 0.3) is 0 Å². The van der Waals surface area contributed by atoms with Gasteiger partial charge in [-0.05, 0) is 12.1 Å². The largest absolute Gasteiger partial charge is 0.349 e. The molecule has 0 amide bonds. The van der Waals surface area contributed by atoms with Crippen LogP contribution in [-0.4, -0.2) is 18.1 Å². The van der Waals surface area contributed by atoms with E-state index in [1.54, 1.807) is 6.20 Å². The number of nitrogens with two attached hydrogens (primary N) is 1. The second kappa shape index (κ2) is 5.82. The van der Waals surface area contributed by atoms with Gasteiger partial charge in [0.15, 0.2) is 0 Å². The molecule has 0 fully saturated rings. The van der Waals surface area contributed by atoms with Crippen molar-refractivity contribution in [3.8, 4) is 0 Å². The molecule has 0 atom stereocenters. The van der Waals surface area contributed by atoms with E-state index in [1.807, 2.05) is 24.3 Å². The zero-order valence-corrected chi connectivity index (χ0v) is 8.69. The van der Waals surface area contributed by atoms with Gasteiger partial charge in [-0.1, -0.05) is 12.2 Å². The maximum Gasteiger partial charge on any atom is 0.129 e. The SMILES string of the molecule is C=CCN(CC=C)c1ccc(NN)cn1. The Morgan fingerprint density at radius 3 is 2.40 bits per heavy atom. The van der Waals surface area contributed by atoms with E-state index in [4.69, 9.17) is 5.84 Å². The highest BCUT2D eigenvalue weighted by molar-refractivity contribution is 5.48. The van der Waals surface area contributed by atoms with Crippen LogP contribution in [-0.2, 0) is 0 Å². The summed E-state index contributed by atoms with van der Waals surface area (Å²) in [5.41, 5.74) is 3.32. The molecule has 0 saturated heterocycles. The Labute approximate surface area is 90.1 Å². The van der Waals surface area contributed by atoms with Crippen LogP contribution in [0.5, 0.6) is 0 Å². The van der Waals surface area contributed by atoms with Gasteiger partial charge in [-0.15, -0.1) is 13.2 Å². The van der Waals surface area contributed by atoms with Crippen LogP contribution in [0.1, 0.15) is 0 Å². The molecule has 0 bridgehead atoms. The molecule has 4 heteroatoms. The smallest absolute Gasteiger partial charge is 0.129 e. The predicted octanol–water partition coefficient (Wildman–Crippen LogP) is 1.55. The molecule has 1 heterocycles. The minimum absolute atomic E-state index is 0.744. The fourth-order valence-corrected chi connectivity index (χ4v) is 1.23. The third kappa shape index (κ3) is 3.11. The first kappa shape index (κ1) is 11.3. The first-order chi connectivity index (χ1) is 7.31. The Bertz CT molecular complexity index is 308. The fraction of sp³-hybridized carbons (Fsp3) is 0.182. The summed E-state index contributed by atoms with van der Waals surface area (Å²) in [5, 5.41) is 0. The van der Waals surface area contributed by atoms with E-state index in [9.17, 15) is 0 Å². The van der Waals surface area contributed by atoms with E-state index in [-0.39, 0.29) is 0 Å². The lowest BCUT2D eigenvalue weighted by Gasteiger charge is -2.20. The average Bonchev–Trinajstić information content (AvgIpc) is 2.29. The van der Waals surface area contributed by atoms with E-state index < -0.39 is 0 Å². The van der Waals surface area contributed by atoms with Gasteiger partial charge in [0.25, 0.3) is 0 Å². The maximum atomic E-state index is 5.26. The van der Waals surface area contributed by atoms with Crippen molar-refractivity contribution in [3.05, 3.63) is 43.6 Å². The lowest BCUT2D eigenvalue weighted by molar-refractivity contribution is 0.926. The van der Waals surface area contributed by atoms with Gasteiger partial charge in [-0.25, -0.2) is 4.98 Å². The summed E-state index contributed by atoms with van der Waals surface area (Å²) in [6.45, 7) is 8.90. The second-order valence-electron chi connectivity index (χ2n) is 3.03. The maximum absolute atomic E-state index is 5.26. The average molecular weight is 204 g/mol. The monoisotopic (exact) mass is 204 g/mol. The molecule has 0 aliphatic rings. The fourth-order valence-electron chi connectivity index (χ4n) is 1.23. The van der Waals surface area contributed by atoms with Crippen LogP contribution in [0.4, 0.5) is 11.5 Å².